The van der Waals surface area contributed by atoms with E-state index in [1.54, 1.807) is 18.3 Å². The number of hydrogen-bond acceptors (Lipinski definition) is 3. The molecule has 102 valence electrons. The lowest BCUT2D eigenvalue weighted by atomic mass is 10.1. The summed E-state index contributed by atoms with van der Waals surface area (Å²) in [6.45, 7) is 0. The van der Waals surface area contributed by atoms with Crippen LogP contribution in [0.2, 0.25) is 5.02 Å². The molecule has 2 heterocycles. The van der Waals surface area contributed by atoms with Crippen LogP contribution in [-0.4, -0.2) is 10.1 Å². The summed E-state index contributed by atoms with van der Waals surface area (Å²) in [4.78, 5) is 4.37. The van der Waals surface area contributed by atoms with Crippen LogP contribution in [0.3, 0.4) is 0 Å². The summed E-state index contributed by atoms with van der Waals surface area (Å²) < 4.78 is 5.96. The molecule has 1 N–H and O–H groups in total. The lowest BCUT2D eigenvalue weighted by molar-refractivity contribution is 0.475. The zero-order valence-electron chi connectivity index (χ0n) is 10.9. The highest BCUT2D eigenvalue weighted by atomic mass is 35.5. The minimum Gasteiger partial charge on any atom is -0.508 e. The first kappa shape index (κ1) is 12.2. The largest absolute Gasteiger partial charge is 0.508 e. The second-order valence-electron chi connectivity index (χ2n) is 4.83. The van der Waals surface area contributed by atoms with Crippen molar-refractivity contribution >= 4 is 33.5 Å². The highest BCUT2D eigenvalue weighted by Gasteiger charge is 2.12. The van der Waals surface area contributed by atoms with E-state index in [1.807, 2.05) is 36.4 Å². The van der Waals surface area contributed by atoms with Crippen LogP contribution in [0.1, 0.15) is 0 Å². The van der Waals surface area contributed by atoms with Gasteiger partial charge in [-0.15, -0.1) is 0 Å². The van der Waals surface area contributed by atoms with Crippen LogP contribution in [-0.2, 0) is 0 Å². The fraction of sp³-hybridized carbons (Fsp3) is 0. The van der Waals surface area contributed by atoms with Crippen LogP contribution >= 0.6 is 11.6 Å². The molecule has 0 radical (unpaired) electrons. The van der Waals surface area contributed by atoms with Crippen LogP contribution in [0.25, 0.3) is 33.2 Å². The highest BCUT2D eigenvalue weighted by molar-refractivity contribution is 6.37. The van der Waals surface area contributed by atoms with Crippen molar-refractivity contribution in [3.05, 3.63) is 59.8 Å². The molecule has 0 saturated carbocycles. The molecule has 0 amide bonds. The van der Waals surface area contributed by atoms with Gasteiger partial charge in [-0.05, 0) is 48.5 Å². The molecule has 2 aromatic carbocycles. The molecular formula is C17H10ClNO2. The SMILES string of the molecule is Oc1ccc(-c2cc3cc(Cl)c4cccnc4c3o2)cc1. The van der Waals surface area contributed by atoms with Gasteiger partial charge in [0.25, 0.3) is 0 Å². The number of pyridine rings is 1. The third-order valence-corrected chi connectivity index (χ3v) is 3.79. The molecule has 0 fully saturated rings. The number of hydrogen-bond donors (Lipinski definition) is 1. The minimum atomic E-state index is 0.227. The van der Waals surface area contributed by atoms with Crippen LogP contribution in [0.15, 0.2) is 59.1 Å². The standard InChI is InChI=1S/C17H10ClNO2/c18-14-8-11-9-15(10-3-5-12(20)6-4-10)21-17(11)16-13(14)2-1-7-19-16/h1-9,20H. The van der Waals surface area contributed by atoms with E-state index in [4.69, 9.17) is 16.0 Å². The number of phenols is 1. The van der Waals surface area contributed by atoms with Gasteiger partial charge in [-0.2, -0.15) is 0 Å². The molecule has 0 bridgehead atoms. The van der Waals surface area contributed by atoms with Gasteiger partial charge in [-0.1, -0.05) is 11.6 Å². The maximum absolute atomic E-state index is 9.36. The third-order valence-electron chi connectivity index (χ3n) is 3.47. The van der Waals surface area contributed by atoms with E-state index in [2.05, 4.69) is 4.98 Å². The second-order valence-corrected chi connectivity index (χ2v) is 5.24. The van der Waals surface area contributed by atoms with Gasteiger partial charge in [0.15, 0.2) is 5.58 Å². The first-order chi connectivity index (χ1) is 10.2. The van der Waals surface area contributed by atoms with Crippen molar-refractivity contribution in [2.45, 2.75) is 0 Å². The molecule has 4 aromatic rings. The quantitative estimate of drug-likeness (QED) is 0.537. The van der Waals surface area contributed by atoms with Crippen LogP contribution in [0.5, 0.6) is 5.75 Å². The van der Waals surface area contributed by atoms with E-state index in [1.165, 1.54) is 0 Å². The molecule has 2 aromatic heterocycles. The van der Waals surface area contributed by atoms with Crippen molar-refractivity contribution in [3.8, 4) is 17.1 Å². The zero-order valence-corrected chi connectivity index (χ0v) is 11.6. The van der Waals surface area contributed by atoms with Gasteiger partial charge in [-0.3, -0.25) is 4.98 Å². The number of aromatic hydroxyl groups is 1. The number of furan rings is 1. The van der Waals surface area contributed by atoms with Gasteiger partial charge in [-0.25, -0.2) is 0 Å². The van der Waals surface area contributed by atoms with Gasteiger partial charge in [0.1, 0.15) is 17.0 Å². The van der Waals surface area contributed by atoms with Crippen molar-refractivity contribution in [2.75, 3.05) is 0 Å². The van der Waals surface area contributed by atoms with E-state index >= 15 is 0 Å². The van der Waals surface area contributed by atoms with Gasteiger partial charge in [0.05, 0.1) is 5.02 Å². The monoisotopic (exact) mass is 295 g/mol. The van der Waals surface area contributed by atoms with E-state index < -0.39 is 0 Å². The van der Waals surface area contributed by atoms with Crippen molar-refractivity contribution in [1.29, 1.82) is 0 Å². The normalized spacial score (nSPS) is 11.3. The summed E-state index contributed by atoms with van der Waals surface area (Å²) in [5.74, 6) is 0.948. The molecule has 0 saturated heterocycles. The second kappa shape index (κ2) is 4.50. The Bertz CT molecular complexity index is 958. The van der Waals surface area contributed by atoms with Crippen LogP contribution in [0.4, 0.5) is 0 Å². The molecular weight excluding hydrogens is 286 g/mol. The van der Waals surface area contributed by atoms with E-state index in [9.17, 15) is 5.11 Å². The van der Waals surface area contributed by atoms with Gasteiger partial charge in [0, 0.05) is 22.5 Å². The van der Waals surface area contributed by atoms with Crippen LogP contribution < -0.4 is 0 Å². The molecule has 3 nitrogen and oxygen atoms in total. The lowest BCUT2D eigenvalue weighted by Gasteiger charge is -1.99. The Hall–Kier alpha value is -2.52. The van der Waals surface area contributed by atoms with Gasteiger partial charge >= 0.3 is 0 Å². The summed E-state index contributed by atoms with van der Waals surface area (Å²) in [6.07, 6.45) is 1.72. The van der Waals surface area contributed by atoms with Crippen molar-refractivity contribution < 1.29 is 9.52 Å². The number of halogens is 1. The summed E-state index contributed by atoms with van der Waals surface area (Å²) in [7, 11) is 0. The number of benzene rings is 2. The fourth-order valence-electron chi connectivity index (χ4n) is 2.46. The number of phenolic OH excluding ortho intramolecular Hbond substituents is 1. The maximum Gasteiger partial charge on any atom is 0.161 e. The Labute approximate surface area is 125 Å². The molecule has 0 aliphatic carbocycles. The topological polar surface area (TPSA) is 46.3 Å². The zero-order chi connectivity index (χ0) is 14.4. The number of fused-ring (bicyclic) bond motifs is 3. The first-order valence-corrected chi connectivity index (χ1v) is 6.86. The van der Waals surface area contributed by atoms with E-state index in [-0.39, 0.29) is 5.75 Å². The Balaban J connectivity index is 2.02. The minimum absolute atomic E-state index is 0.227. The molecule has 0 aliphatic heterocycles. The maximum atomic E-state index is 9.36. The van der Waals surface area contributed by atoms with Crippen molar-refractivity contribution in [1.82, 2.24) is 4.98 Å². The van der Waals surface area contributed by atoms with Crippen molar-refractivity contribution in [3.63, 3.8) is 0 Å². The highest BCUT2D eigenvalue weighted by Crippen LogP contribution is 2.35. The smallest absolute Gasteiger partial charge is 0.161 e. The fourth-order valence-corrected chi connectivity index (χ4v) is 2.73. The average molecular weight is 296 g/mol. The Morgan fingerprint density at radius 1 is 1.05 bits per heavy atom. The van der Waals surface area contributed by atoms with Crippen molar-refractivity contribution in [2.24, 2.45) is 0 Å². The predicted octanol–water partition coefficient (Wildman–Crippen LogP) is 5.01. The number of nitrogens with zero attached hydrogens (tertiary/aromatic N) is 1. The lowest BCUT2D eigenvalue weighted by Crippen LogP contribution is -1.79. The van der Waals surface area contributed by atoms with Gasteiger partial charge < -0.3 is 9.52 Å². The predicted molar refractivity (Wildman–Crippen MR) is 83.6 cm³/mol. The third kappa shape index (κ3) is 1.94. The number of aromatic nitrogens is 1. The molecule has 21 heavy (non-hydrogen) atoms. The molecule has 0 unspecified atom stereocenters. The molecule has 4 heteroatoms. The summed E-state index contributed by atoms with van der Waals surface area (Å²) in [5.41, 5.74) is 2.37. The first-order valence-electron chi connectivity index (χ1n) is 6.48. The molecule has 0 aliphatic rings. The van der Waals surface area contributed by atoms with E-state index in [0.29, 0.717) is 5.02 Å². The number of rotatable bonds is 1. The average Bonchev–Trinajstić information content (AvgIpc) is 2.92. The Kier molecular flexibility index (Phi) is 2.62. The van der Waals surface area contributed by atoms with Gasteiger partial charge in [0.2, 0.25) is 0 Å². The Morgan fingerprint density at radius 2 is 1.86 bits per heavy atom. The van der Waals surface area contributed by atoms with Crippen LogP contribution in [0, 0.1) is 0 Å². The molecule has 4 rings (SSSR count). The Morgan fingerprint density at radius 3 is 2.67 bits per heavy atom. The molecule has 0 atom stereocenters. The molecule has 0 spiro atoms. The summed E-state index contributed by atoms with van der Waals surface area (Å²) in [5, 5.41) is 11.8. The van der Waals surface area contributed by atoms with E-state index in [0.717, 1.165) is 33.2 Å². The summed E-state index contributed by atoms with van der Waals surface area (Å²) >= 11 is 6.30. The summed E-state index contributed by atoms with van der Waals surface area (Å²) in [6, 6.07) is 14.5.